The molecule has 0 spiro atoms. The zero-order valence-corrected chi connectivity index (χ0v) is 9.23. The number of rotatable bonds is 0. The van der Waals surface area contributed by atoms with Crippen LogP contribution in [-0.2, 0) is 22.4 Å². The molecular weight excluding hydrogens is 268 g/mol. The maximum Gasteiger partial charge on any atom is 1.00 e. The van der Waals surface area contributed by atoms with E-state index in [9.17, 15) is 0 Å². The van der Waals surface area contributed by atoms with Gasteiger partial charge >= 0.3 is 51.4 Å². The molecule has 5 heteroatoms. The minimum absolute atomic E-state index is 0. The van der Waals surface area contributed by atoms with Crippen LogP contribution < -0.4 is 51.4 Å². The van der Waals surface area contributed by atoms with Gasteiger partial charge in [0.05, 0.1) is 0 Å². The third kappa shape index (κ3) is 22.3. The van der Waals surface area contributed by atoms with Crippen LogP contribution in [0, 0.1) is 0 Å². The summed E-state index contributed by atoms with van der Waals surface area (Å²) < 4.78 is 0. The zero-order valence-electron chi connectivity index (χ0n) is 2.89. The molecule has 29 valence electrons. The molecule has 0 aliphatic rings. The molecule has 0 aliphatic heterocycles. The summed E-state index contributed by atoms with van der Waals surface area (Å²) >= 11 is 0. The van der Waals surface area contributed by atoms with Gasteiger partial charge in [0.2, 0.25) is 0 Å². The van der Waals surface area contributed by atoms with Crippen molar-refractivity contribution in [1.29, 1.82) is 0 Å². The van der Waals surface area contributed by atoms with Gasteiger partial charge in [-0.1, -0.05) is 0 Å². The summed E-state index contributed by atoms with van der Waals surface area (Å²) in [4.78, 5) is 0. The van der Waals surface area contributed by atoms with Gasteiger partial charge in [-0.05, 0) is 0 Å². The quantitative estimate of drug-likeness (QED) is 0.407. The smallest absolute Gasteiger partial charge is 0.870 e. The van der Waals surface area contributed by atoms with Crippen LogP contribution in [0.25, 0.3) is 0 Å². The van der Waals surface area contributed by atoms with Gasteiger partial charge in [0, 0.05) is 22.4 Å². The van der Waals surface area contributed by atoms with Gasteiger partial charge in [0.15, 0.2) is 0 Å². The van der Waals surface area contributed by atoms with Crippen LogP contribution in [0.2, 0.25) is 0 Å². The average molecular weight is 273 g/mol. The minimum Gasteiger partial charge on any atom is -0.870 e. The Morgan fingerprint density at radius 2 is 0.800 bits per heavy atom. The van der Waals surface area contributed by atoms with Crippen molar-refractivity contribution in [3.8, 4) is 0 Å². The van der Waals surface area contributed by atoms with E-state index in [1.54, 1.807) is 0 Å². The van der Waals surface area contributed by atoms with Crippen LogP contribution in [0.15, 0.2) is 0 Å². The van der Waals surface area contributed by atoms with Crippen molar-refractivity contribution in [2.75, 3.05) is 0 Å². The van der Waals surface area contributed by atoms with E-state index < -0.39 is 0 Å². The second-order valence-corrected chi connectivity index (χ2v) is 0. The molecule has 1 radical (unpaired) electrons. The molecular formula is H5KO3Ta. The molecule has 0 bridgehead atoms. The molecule has 0 aliphatic carbocycles. The topological polar surface area (TPSA) is 93.0 Å². The van der Waals surface area contributed by atoms with Crippen molar-refractivity contribution >= 4 is 0 Å². The number of hydrogen-bond donors (Lipinski definition) is 0. The third-order valence-electron chi connectivity index (χ3n) is 0. The summed E-state index contributed by atoms with van der Waals surface area (Å²) in [5.74, 6) is 0. The van der Waals surface area contributed by atoms with E-state index in [1.165, 1.54) is 0 Å². The first-order valence-electron chi connectivity index (χ1n) is 0. The van der Waals surface area contributed by atoms with Gasteiger partial charge in [-0.25, -0.2) is 0 Å². The first kappa shape index (κ1) is 55.8. The fourth-order valence-electron chi connectivity index (χ4n) is 0. The standard InChI is InChI=1S/K.3H2O.Ta/h;3*1H2;/q+1;;;;/p-1. The first-order valence-corrected chi connectivity index (χ1v) is 0. The number of hydrogen-bond acceptors (Lipinski definition) is 1. The van der Waals surface area contributed by atoms with Gasteiger partial charge in [-0.3, -0.25) is 0 Å². The molecule has 0 saturated heterocycles. The second kappa shape index (κ2) is 33.9. The largest absolute Gasteiger partial charge is 1.00 e. The molecule has 0 aromatic heterocycles. The molecule has 3 nitrogen and oxygen atoms in total. The summed E-state index contributed by atoms with van der Waals surface area (Å²) in [5.41, 5.74) is 0. The first-order chi connectivity index (χ1) is 0. The molecule has 0 unspecified atom stereocenters. The normalized spacial score (nSPS) is 0. The van der Waals surface area contributed by atoms with Crippen LogP contribution in [0.1, 0.15) is 0 Å². The Labute approximate surface area is 88.4 Å². The second-order valence-electron chi connectivity index (χ2n) is 0. The maximum atomic E-state index is 0. The Balaban J connectivity index is 0. The van der Waals surface area contributed by atoms with Crippen molar-refractivity contribution in [2.24, 2.45) is 0 Å². The minimum atomic E-state index is 0. The van der Waals surface area contributed by atoms with Crippen molar-refractivity contribution in [3.05, 3.63) is 0 Å². The van der Waals surface area contributed by atoms with E-state index in [4.69, 9.17) is 0 Å². The molecule has 0 aromatic rings. The Morgan fingerprint density at radius 3 is 0.800 bits per heavy atom. The predicted molar refractivity (Wildman–Crippen MR) is 9.16 cm³/mol. The zero-order chi connectivity index (χ0) is 0. The molecule has 0 amide bonds. The summed E-state index contributed by atoms with van der Waals surface area (Å²) in [6.07, 6.45) is 0. The van der Waals surface area contributed by atoms with E-state index in [-0.39, 0.29) is 90.2 Å². The van der Waals surface area contributed by atoms with E-state index in [0.717, 1.165) is 0 Å². The molecule has 0 aromatic carbocycles. The van der Waals surface area contributed by atoms with E-state index in [0.29, 0.717) is 0 Å². The summed E-state index contributed by atoms with van der Waals surface area (Å²) in [5, 5.41) is 0. The van der Waals surface area contributed by atoms with Crippen molar-refractivity contribution in [3.63, 3.8) is 0 Å². The van der Waals surface area contributed by atoms with Gasteiger partial charge in [-0.15, -0.1) is 0 Å². The predicted octanol–water partition coefficient (Wildman–Crippen LogP) is -4.82. The summed E-state index contributed by atoms with van der Waals surface area (Å²) in [7, 11) is 0. The molecule has 0 fully saturated rings. The Morgan fingerprint density at radius 1 is 0.800 bits per heavy atom. The van der Waals surface area contributed by atoms with E-state index in [1.807, 2.05) is 0 Å². The van der Waals surface area contributed by atoms with Crippen LogP contribution in [-0.4, -0.2) is 16.4 Å². The van der Waals surface area contributed by atoms with Gasteiger partial charge < -0.3 is 16.4 Å². The van der Waals surface area contributed by atoms with Crippen LogP contribution in [0.5, 0.6) is 0 Å². The van der Waals surface area contributed by atoms with Crippen LogP contribution >= 0.6 is 0 Å². The molecule has 0 heterocycles. The summed E-state index contributed by atoms with van der Waals surface area (Å²) in [6.45, 7) is 0. The molecule has 0 saturated carbocycles. The van der Waals surface area contributed by atoms with Gasteiger partial charge in [-0.2, -0.15) is 0 Å². The molecule has 5 heavy (non-hydrogen) atoms. The molecule has 0 rings (SSSR count). The van der Waals surface area contributed by atoms with Gasteiger partial charge in [0.1, 0.15) is 0 Å². The van der Waals surface area contributed by atoms with Crippen molar-refractivity contribution < 1.29 is 90.2 Å². The Hall–Kier alpha value is 2.26. The van der Waals surface area contributed by atoms with E-state index in [2.05, 4.69) is 0 Å². The fourth-order valence-corrected chi connectivity index (χ4v) is 0. The van der Waals surface area contributed by atoms with Gasteiger partial charge in [0.25, 0.3) is 0 Å². The van der Waals surface area contributed by atoms with Crippen molar-refractivity contribution in [1.82, 2.24) is 0 Å². The monoisotopic (exact) mass is 273 g/mol. The Kier molecular flexibility index (Phi) is 379. The SMILES string of the molecule is O.O.[K+].[OH-].[Ta]. The van der Waals surface area contributed by atoms with Crippen molar-refractivity contribution in [2.45, 2.75) is 0 Å². The maximum absolute atomic E-state index is 0. The van der Waals surface area contributed by atoms with Crippen LogP contribution in [0.3, 0.4) is 0 Å². The molecule has 0 atom stereocenters. The third-order valence-corrected chi connectivity index (χ3v) is 0. The van der Waals surface area contributed by atoms with E-state index >= 15 is 0 Å². The molecule has 5 N–H and O–H groups in total. The fraction of sp³-hybridized carbons (Fsp3) is 0. The summed E-state index contributed by atoms with van der Waals surface area (Å²) in [6, 6.07) is 0. The van der Waals surface area contributed by atoms with Crippen LogP contribution in [0.4, 0.5) is 0 Å². The average Bonchev–Trinajstić information content (AvgIpc) is 0. The Bertz CT molecular complexity index is 6.85.